The van der Waals surface area contributed by atoms with Crippen molar-refractivity contribution in [1.82, 2.24) is 10.1 Å². The number of benzene rings is 1. The Bertz CT molecular complexity index is 862. The van der Waals surface area contributed by atoms with Crippen molar-refractivity contribution in [2.45, 2.75) is 18.8 Å². The summed E-state index contributed by atoms with van der Waals surface area (Å²) in [7, 11) is 0. The minimum atomic E-state index is -0.360. The maximum absolute atomic E-state index is 13.4. The molecule has 122 valence electrons. The molecule has 1 atom stereocenters. The van der Waals surface area contributed by atoms with Crippen LogP contribution in [0.4, 0.5) is 10.1 Å². The molecule has 1 aromatic carbocycles. The molecule has 0 spiro atoms. The van der Waals surface area contributed by atoms with Crippen LogP contribution in [0.3, 0.4) is 0 Å². The lowest BCUT2D eigenvalue weighted by molar-refractivity contribution is -0.117. The van der Waals surface area contributed by atoms with E-state index in [9.17, 15) is 9.18 Å². The second-order valence-corrected chi connectivity index (χ2v) is 6.72. The Morgan fingerprint density at radius 3 is 3.04 bits per heavy atom. The van der Waals surface area contributed by atoms with E-state index in [1.54, 1.807) is 28.4 Å². The highest BCUT2D eigenvalue weighted by Gasteiger charge is 2.34. The molecular formula is C17H14FN3O2S. The highest BCUT2D eigenvalue weighted by molar-refractivity contribution is 7.09. The lowest BCUT2D eigenvalue weighted by atomic mass is 10.1. The summed E-state index contributed by atoms with van der Waals surface area (Å²) < 4.78 is 18.7. The van der Waals surface area contributed by atoms with Crippen molar-refractivity contribution in [1.29, 1.82) is 0 Å². The van der Waals surface area contributed by atoms with Crippen LogP contribution in [0.15, 0.2) is 46.3 Å². The molecule has 1 fully saturated rings. The molecule has 4 rings (SSSR count). The Labute approximate surface area is 141 Å². The van der Waals surface area contributed by atoms with Gasteiger partial charge in [0.05, 0.1) is 6.42 Å². The predicted molar refractivity (Wildman–Crippen MR) is 87.5 cm³/mol. The van der Waals surface area contributed by atoms with Crippen LogP contribution < -0.4 is 4.90 Å². The molecule has 3 heterocycles. The van der Waals surface area contributed by atoms with Gasteiger partial charge in [-0.05, 0) is 29.6 Å². The van der Waals surface area contributed by atoms with Gasteiger partial charge < -0.3 is 9.42 Å². The molecule has 1 aliphatic heterocycles. The summed E-state index contributed by atoms with van der Waals surface area (Å²) in [4.78, 5) is 19.4. The summed E-state index contributed by atoms with van der Waals surface area (Å²) in [5.74, 6) is 0.524. The van der Waals surface area contributed by atoms with Crippen molar-refractivity contribution in [3.05, 3.63) is 64.2 Å². The molecule has 1 amide bonds. The lowest BCUT2D eigenvalue weighted by Gasteiger charge is -2.15. The van der Waals surface area contributed by atoms with Crippen molar-refractivity contribution >= 4 is 22.9 Å². The summed E-state index contributed by atoms with van der Waals surface area (Å²) in [5.41, 5.74) is 0.560. The van der Waals surface area contributed by atoms with Crippen LogP contribution in [0, 0.1) is 5.82 Å². The molecule has 0 saturated carbocycles. The zero-order valence-corrected chi connectivity index (χ0v) is 13.5. The summed E-state index contributed by atoms with van der Waals surface area (Å²) in [6.07, 6.45) is 0.896. The highest BCUT2D eigenvalue weighted by Crippen LogP contribution is 2.31. The fourth-order valence-electron chi connectivity index (χ4n) is 2.84. The van der Waals surface area contributed by atoms with E-state index in [1.165, 1.54) is 12.1 Å². The molecule has 0 aliphatic carbocycles. The van der Waals surface area contributed by atoms with Gasteiger partial charge in [-0.1, -0.05) is 17.3 Å². The summed E-state index contributed by atoms with van der Waals surface area (Å²) >= 11 is 1.63. The Kier molecular flexibility index (Phi) is 3.86. The standard InChI is InChI=1S/C17H14FN3O2S/c18-12-3-1-4-13(8-12)21-10-11(7-16(21)22)17-19-15(23-20-17)9-14-5-2-6-24-14/h1-6,8,11H,7,9-10H2. The van der Waals surface area contributed by atoms with Crippen LogP contribution in [0.1, 0.15) is 28.9 Å². The zero-order chi connectivity index (χ0) is 16.5. The molecule has 3 aromatic rings. The second kappa shape index (κ2) is 6.16. The summed E-state index contributed by atoms with van der Waals surface area (Å²) in [6.45, 7) is 0.431. The van der Waals surface area contributed by atoms with E-state index < -0.39 is 0 Å². The van der Waals surface area contributed by atoms with Gasteiger partial charge >= 0.3 is 0 Å². The van der Waals surface area contributed by atoms with Gasteiger partial charge in [0.15, 0.2) is 5.82 Å². The Balaban J connectivity index is 1.50. The van der Waals surface area contributed by atoms with Gasteiger partial charge in [0.1, 0.15) is 5.82 Å². The van der Waals surface area contributed by atoms with Gasteiger partial charge in [-0.15, -0.1) is 11.3 Å². The van der Waals surface area contributed by atoms with Crippen LogP contribution in [-0.2, 0) is 11.2 Å². The number of hydrogen-bond donors (Lipinski definition) is 0. The first-order valence-corrected chi connectivity index (χ1v) is 8.48. The molecule has 0 radical (unpaired) electrons. The molecule has 0 bridgehead atoms. The van der Waals surface area contributed by atoms with Crippen molar-refractivity contribution < 1.29 is 13.7 Å². The van der Waals surface area contributed by atoms with E-state index in [1.807, 2.05) is 17.5 Å². The number of carbonyl (C=O) groups is 1. The second-order valence-electron chi connectivity index (χ2n) is 5.69. The van der Waals surface area contributed by atoms with Crippen LogP contribution in [0.25, 0.3) is 0 Å². The van der Waals surface area contributed by atoms with Gasteiger partial charge in [-0.3, -0.25) is 4.79 Å². The monoisotopic (exact) mass is 343 g/mol. The average molecular weight is 343 g/mol. The third-order valence-electron chi connectivity index (χ3n) is 4.00. The number of carbonyl (C=O) groups excluding carboxylic acids is 1. The van der Waals surface area contributed by atoms with Gasteiger partial charge in [0.25, 0.3) is 0 Å². The normalized spacial score (nSPS) is 17.6. The van der Waals surface area contributed by atoms with Gasteiger partial charge in [0.2, 0.25) is 11.8 Å². The van der Waals surface area contributed by atoms with Crippen LogP contribution >= 0.6 is 11.3 Å². The van der Waals surface area contributed by atoms with Gasteiger partial charge in [-0.2, -0.15) is 4.98 Å². The van der Waals surface area contributed by atoms with E-state index in [0.717, 1.165) is 4.88 Å². The third kappa shape index (κ3) is 2.94. The number of halogens is 1. The molecule has 2 aromatic heterocycles. The third-order valence-corrected chi connectivity index (χ3v) is 4.88. The minimum absolute atomic E-state index is 0.0600. The average Bonchev–Trinajstić information content (AvgIpc) is 3.29. The van der Waals surface area contributed by atoms with Gasteiger partial charge in [0, 0.05) is 29.4 Å². The number of thiophene rings is 1. The number of hydrogen-bond acceptors (Lipinski definition) is 5. The van der Waals surface area contributed by atoms with E-state index in [0.29, 0.717) is 36.8 Å². The smallest absolute Gasteiger partial charge is 0.231 e. The SMILES string of the molecule is O=C1CC(c2noc(Cc3cccs3)n2)CN1c1cccc(F)c1. The van der Waals surface area contributed by atoms with Crippen LogP contribution in [0.2, 0.25) is 0 Å². The topological polar surface area (TPSA) is 59.2 Å². The Morgan fingerprint density at radius 1 is 1.33 bits per heavy atom. The first-order chi connectivity index (χ1) is 11.7. The van der Waals surface area contributed by atoms with E-state index in [-0.39, 0.29) is 17.6 Å². The number of amides is 1. The number of anilines is 1. The maximum atomic E-state index is 13.4. The van der Waals surface area contributed by atoms with Crippen molar-refractivity contribution in [2.24, 2.45) is 0 Å². The number of rotatable bonds is 4. The molecule has 5 nitrogen and oxygen atoms in total. The predicted octanol–water partition coefficient (Wildman–Crippen LogP) is 3.38. The van der Waals surface area contributed by atoms with Crippen molar-refractivity contribution in [2.75, 3.05) is 11.4 Å². The maximum Gasteiger partial charge on any atom is 0.231 e. The molecular weight excluding hydrogens is 329 g/mol. The van der Waals surface area contributed by atoms with E-state index in [4.69, 9.17) is 4.52 Å². The van der Waals surface area contributed by atoms with Crippen molar-refractivity contribution in [3.63, 3.8) is 0 Å². The largest absolute Gasteiger partial charge is 0.339 e. The quantitative estimate of drug-likeness (QED) is 0.729. The van der Waals surface area contributed by atoms with E-state index in [2.05, 4.69) is 10.1 Å². The van der Waals surface area contributed by atoms with Gasteiger partial charge in [-0.25, -0.2) is 4.39 Å². The first kappa shape index (κ1) is 15.0. The minimum Gasteiger partial charge on any atom is -0.339 e. The lowest BCUT2D eigenvalue weighted by Crippen LogP contribution is -2.24. The molecule has 1 saturated heterocycles. The fraction of sp³-hybridized carbons (Fsp3) is 0.235. The molecule has 0 N–H and O–H groups in total. The molecule has 1 unspecified atom stereocenters. The highest BCUT2D eigenvalue weighted by atomic mass is 32.1. The van der Waals surface area contributed by atoms with E-state index >= 15 is 0 Å². The Hall–Kier alpha value is -2.54. The van der Waals surface area contributed by atoms with Crippen LogP contribution in [0.5, 0.6) is 0 Å². The summed E-state index contributed by atoms with van der Waals surface area (Å²) in [6, 6.07) is 10.0. The number of nitrogens with zero attached hydrogens (tertiary/aromatic N) is 3. The summed E-state index contributed by atoms with van der Waals surface area (Å²) in [5, 5.41) is 6.02. The number of aromatic nitrogens is 2. The molecule has 1 aliphatic rings. The molecule has 24 heavy (non-hydrogen) atoms. The van der Waals surface area contributed by atoms with Crippen LogP contribution in [-0.4, -0.2) is 22.6 Å². The molecule has 7 heteroatoms. The first-order valence-electron chi connectivity index (χ1n) is 7.60. The Morgan fingerprint density at radius 2 is 2.25 bits per heavy atom. The van der Waals surface area contributed by atoms with Crippen molar-refractivity contribution in [3.8, 4) is 0 Å². The zero-order valence-electron chi connectivity index (χ0n) is 12.7. The fourth-order valence-corrected chi connectivity index (χ4v) is 3.54.